The fraction of sp³-hybridized carbons (Fsp3) is 0.455. The number of ketones is 1. The number of rotatable bonds is 9. The second-order valence-corrected chi connectivity index (χ2v) is 8.56. The van der Waals surface area contributed by atoms with E-state index in [0.717, 1.165) is 53.0 Å². The maximum atomic E-state index is 12.9. The Kier molecular flexibility index (Phi) is 6.90. The molecule has 154 valence electrons. The molecule has 7 heteroatoms. The summed E-state index contributed by atoms with van der Waals surface area (Å²) in [6.07, 6.45) is 4.60. The number of aryl methyl sites for hydroxylation is 1. The summed E-state index contributed by atoms with van der Waals surface area (Å²) in [4.78, 5) is 17.0. The van der Waals surface area contributed by atoms with E-state index in [0.29, 0.717) is 11.7 Å². The lowest BCUT2D eigenvalue weighted by atomic mass is 10.1. The van der Waals surface area contributed by atoms with Gasteiger partial charge in [0.25, 0.3) is 0 Å². The number of nitrogens with zero attached hydrogens (tertiary/aromatic N) is 5. The molecule has 0 fully saturated rings. The topological polar surface area (TPSA) is 65.6 Å². The Morgan fingerprint density at radius 1 is 1.14 bits per heavy atom. The summed E-state index contributed by atoms with van der Waals surface area (Å²) in [5.41, 5.74) is 3.99. The van der Waals surface area contributed by atoms with Crippen molar-refractivity contribution in [3.8, 4) is 11.4 Å². The molecule has 3 aromatic heterocycles. The first kappa shape index (κ1) is 21.3. The minimum absolute atomic E-state index is 0.134. The molecular weight excluding hydrogens is 382 g/mol. The van der Waals surface area contributed by atoms with Crippen molar-refractivity contribution in [2.45, 2.75) is 59.3 Å². The standard InChI is InChI=1S/C22H29N5OS/c1-6-26-21(18-7-10-23-11-8-18)24-25-22(26)29-14-20(28)19-13-16(4)27(17(19)5)12-9-15(2)3/h7-8,10-11,13,15H,6,9,12,14H2,1-5H3. The molecular formula is C22H29N5OS. The van der Waals surface area contributed by atoms with Crippen LogP contribution in [-0.4, -0.2) is 35.9 Å². The first-order chi connectivity index (χ1) is 13.9. The fourth-order valence-corrected chi connectivity index (χ4v) is 4.30. The zero-order valence-electron chi connectivity index (χ0n) is 17.8. The van der Waals surface area contributed by atoms with Gasteiger partial charge in [-0.3, -0.25) is 9.78 Å². The average molecular weight is 412 g/mol. The number of thioether (sulfide) groups is 1. The van der Waals surface area contributed by atoms with Crippen molar-refractivity contribution >= 4 is 17.5 Å². The molecule has 0 aliphatic heterocycles. The van der Waals surface area contributed by atoms with E-state index in [1.165, 1.54) is 11.8 Å². The van der Waals surface area contributed by atoms with Crippen LogP contribution in [0.4, 0.5) is 0 Å². The average Bonchev–Trinajstić information content (AvgIpc) is 3.25. The highest BCUT2D eigenvalue weighted by atomic mass is 32.2. The van der Waals surface area contributed by atoms with Gasteiger partial charge in [-0.15, -0.1) is 10.2 Å². The van der Waals surface area contributed by atoms with E-state index in [4.69, 9.17) is 0 Å². The van der Waals surface area contributed by atoms with Gasteiger partial charge >= 0.3 is 0 Å². The molecule has 0 atom stereocenters. The van der Waals surface area contributed by atoms with Crippen LogP contribution < -0.4 is 0 Å². The van der Waals surface area contributed by atoms with Crippen molar-refractivity contribution in [1.82, 2.24) is 24.3 Å². The molecule has 6 nitrogen and oxygen atoms in total. The second kappa shape index (κ2) is 9.39. The quantitative estimate of drug-likeness (QED) is 0.374. The van der Waals surface area contributed by atoms with Crippen molar-refractivity contribution in [3.63, 3.8) is 0 Å². The van der Waals surface area contributed by atoms with E-state index in [1.807, 2.05) is 29.7 Å². The molecule has 0 amide bonds. The molecule has 3 heterocycles. The Morgan fingerprint density at radius 3 is 2.52 bits per heavy atom. The molecule has 0 saturated carbocycles. The van der Waals surface area contributed by atoms with Gasteiger partial charge in [0.05, 0.1) is 5.75 Å². The largest absolute Gasteiger partial charge is 0.348 e. The lowest BCUT2D eigenvalue weighted by Crippen LogP contribution is -2.09. The third-order valence-corrected chi connectivity index (χ3v) is 6.07. The van der Waals surface area contributed by atoms with Crippen molar-refractivity contribution in [3.05, 3.63) is 47.5 Å². The van der Waals surface area contributed by atoms with Crippen molar-refractivity contribution in [2.75, 3.05) is 5.75 Å². The number of aromatic nitrogens is 5. The van der Waals surface area contributed by atoms with Gasteiger partial charge in [0.1, 0.15) is 0 Å². The summed E-state index contributed by atoms with van der Waals surface area (Å²) < 4.78 is 4.30. The predicted molar refractivity (Wildman–Crippen MR) is 117 cm³/mol. The van der Waals surface area contributed by atoms with Crippen LogP contribution >= 0.6 is 11.8 Å². The van der Waals surface area contributed by atoms with E-state index in [1.54, 1.807) is 12.4 Å². The molecule has 0 aliphatic carbocycles. The lowest BCUT2D eigenvalue weighted by Gasteiger charge is -2.11. The summed E-state index contributed by atoms with van der Waals surface area (Å²) in [7, 11) is 0. The maximum absolute atomic E-state index is 12.9. The van der Waals surface area contributed by atoms with Crippen LogP contribution in [0.1, 0.15) is 48.9 Å². The zero-order chi connectivity index (χ0) is 21.0. The highest BCUT2D eigenvalue weighted by Gasteiger charge is 2.19. The van der Waals surface area contributed by atoms with Gasteiger partial charge in [0, 0.05) is 48.0 Å². The number of pyridine rings is 1. The van der Waals surface area contributed by atoms with Crippen LogP contribution in [0.2, 0.25) is 0 Å². The maximum Gasteiger partial charge on any atom is 0.191 e. The highest BCUT2D eigenvalue weighted by molar-refractivity contribution is 7.99. The molecule has 3 rings (SSSR count). The number of carbonyl (C=O) groups is 1. The first-order valence-corrected chi connectivity index (χ1v) is 11.1. The first-order valence-electron chi connectivity index (χ1n) is 10.1. The fourth-order valence-electron chi connectivity index (χ4n) is 3.42. The Bertz CT molecular complexity index is 975. The molecule has 0 saturated heterocycles. The second-order valence-electron chi connectivity index (χ2n) is 7.62. The summed E-state index contributed by atoms with van der Waals surface area (Å²) >= 11 is 1.45. The Hall–Kier alpha value is -2.41. The van der Waals surface area contributed by atoms with E-state index >= 15 is 0 Å². The molecule has 0 aliphatic rings. The van der Waals surface area contributed by atoms with Crippen LogP contribution in [0.5, 0.6) is 0 Å². The SMILES string of the molecule is CCn1c(SCC(=O)c2cc(C)n(CCC(C)C)c2C)nnc1-c1ccncc1. The number of Topliss-reactive ketones (excluding diaryl/α,β-unsaturated/α-hetero) is 1. The smallest absolute Gasteiger partial charge is 0.191 e. The van der Waals surface area contributed by atoms with Crippen molar-refractivity contribution < 1.29 is 4.79 Å². The minimum atomic E-state index is 0.134. The zero-order valence-corrected chi connectivity index (χ0v) is 18.7. The van der Waals surface area contributed by atoms with Crippen LogP contribution in [0, 0.1) is 19.8 Å². The van der Waals surface area contributed by atoms with Gasteiger partial charge in [0.15, 0.2) is 16.8 Å². The highest BCUT2D eigenvalue weighted by Crippen LogP contribution is 2.25. The van der Waals surface area contributed by atoms with Crippen LogP contribution in [-0.2, 0) is 13.1 Å². The van der Waals surface area contributed by atoms with E-state index < -0.39 is 0 Å². The van der Waals surface area contributed by atoms with Gasteiger partial charge in [-0.05, 0) is 51.3 Å². The Morgan fingerprint density at radius 2 is 1.86 bits per heavy atom. The van der Waals surface area contributed by atoms with Crippen LogP contribution in [0.25, 0.3) is 11.4 Å². The number of carbonyl (C=O) groups excluding carboxylic acids is 1. The number of hydrogen-bond acceptors (Lipinski definition) is 5. The summed E-state index contributed by atoms with van der Waals surface area (Å²) in [6.45, 7) is 12.3. The monoisotopic (exact) mass is 411 g/mol. The Balaban J connectivity index is 1.73. The molecule has 0 spiro atoms. The molecule has 3 aromatic rings. The van der Waals surface area contributed by atoms with Gasteiger partial charge < -0.3 is 9.13 Å². The number of hydrogen-bond donors (Lipinski definition) is 0. The molecule has 0 N–H and O–H groups in total. The summed E-state index contributed by atoms with van der Waals surface area (Å²) in [6, 6.07) is 5.86. The van der Waals surface area contributed by atoms with E-state index in [-0.39, 0.29) is 5.78 Å². The van der Waals surface area contributed by atoms with Crippen molar-refractivity contribution in [2.24, 2.45) is 5.92 Å². The van der Waals surface area contributed by atoms with E-state index in [9.17, 15) is 4.79 Å². The van der Waals surface area contributed by atoms with Crippen LogP contribution in [0.3, 0.4) is 0 Å². The lowest BCUT2D eigenvalue weighted by molar-refractivity contribution is 0.102. The molecule has 0 bridgehead atoms. The minimum Gasteiger partial charge on any atom is -0.348 e. The van der Waals surface area contributed by atoms with Crippen LogP contribution in [0.15, 0.2) is 35.7 Å². The Labute approximate surface area is 176 Å². The van der Waals surface area contributed by atoms with E-state index in [2.05, 4.69) is 47.4 Å². The molecule has 29 heavy (non-hydrogen) atoms. The summed E-state index contributed by atoms with van der Waals surface area (Å²) in [5.74, 6) is 1.93. The third kappa shape index (κ3) is 4.78. The van der Waals surface area contributed by atoms with Gasteiger partial charge in [-0.2, -0.15) is 0 Å². The van der Waals surface area contributed by atoms with Gasteiger partial charge in [0.2, 0.25) is 0 Å². The molecule has 0 unspecified atom stereocenters. The normalized spacial score (nSPS) is 11.4. The molecule has 0 aromatic carbocycles. The predicted octanol–water partition coefficient (Wildman–Crippen LogP) is 4.80. The summed E-state index contributed by atoms with van der Waals surface area (Å²) in [5, 5.41) is 9.42. The molecule has 0 radical (unpaired) electrons. The van der Waals surface area contributed by atoms with Gasteiger partial charge in [-0.25, -0.2) is 0 Å². The van der Waals surface area contributed by atoms with Gasteiger partial charge in [-0.1, -0.05) is 25.6 Å². The third-order valence-electron chi connectivity index (χ3n) is 5.11. The van der Waals surface area contributed by atoms with Crippen molar-refractivity contribution in [1.29, 1.82) is 0 Å².